The van der Waals surface area contributed by atoms with Crippen molar-refractivity contribution in [3.63, 3.8) is 0 Å². The van der Waals surface area contributed by atoms with Crippen molar-refractivity contribution in [3.8, 4) is 11.5 Å². The van der Waals surface area contributed by atoms with Crippen LogP contribution in [-0.4, -0.2) is 20.3 Å². The molecule has 0 aromatic heterocycles. The van der Waals surface area contributed by atoms with E-state index in [1.807, 2.05) is 12.1 Å². The molecule has 0 bridgehead atoms. The molecule has 1 aromatic carbocycles. The van der Waals surface area contributed by atoms with Gasteiger partial charge in [-0.1, -0.05) is 57.9 Å². The molecule has 22 heavy (non-hydrogen) atoms. The molecule has 0 saturated carbocycles. The normalized spacial score (nSPS) is 10.7. The number of benzene rings is 1. The van der Waals surface area contributed by atoms with Crippen LogP contribution in [0.4, 0.5) is 0 Å². The van der Waals surface area contributed by atoms with Crippen LogP contribution in [0.15, 0.2) is 18.2 Å². The maximum Gasteiger partial charge on any atom is 0.161 e. The molecule has 0 radical (unpaired) electrons. The van der Waals surface area contributed by atoms with Gasteiger partial charge in [-0.15, -0.1) is 0 Å². The second-order valence-electron chi connectivity index (χ2n) is 5.85. The lowest BCUT2D eigenvalue weighted by atomic mass is 10.1. The molecule has 0 amide bonds. The number of ether oxygens (including phenoxy) is 2. The molecule has 0 saturated heterocycles. The van der Waals surface area contributed by atoms with Crippen LogP contribution in [0.1, 0.15) is 63.9 Å². The predicted molar refractivity (Wildman–Crippen MR) is 93.9 cm³/mol. The highest BCUT2D eigenvalue weighted by Crippen LogP contribution is 2.28. The van der Waals surface area contributed by atoms with Gasteiger partial charge in [-0.2, -0.15) is 0 Å². The number of hydrogen-bond donors (Lipinski definition) is 1. The third-order valence-corrected chi connectivity index (χ3v) is 3.92. The molecule has 0 unspecified atom stereocenters. The summed E-state index contributed by atoms with van der Waals surface area (Å²) in [4.78, 5) is 0. The Hall–Kier alpha value is -1.22. The minimum absolute atomic E-state index is 0.654. The highest BCUT2D eigenvalue weighted by atomic mass is 16.5. The van der Waals surface area contributed by atoms with Crippen molar-refractivity contribution >= 4 is 0 Å². The minimum atomic E-state index is 0.654. The summed E-state index contributed by atoms with van der Waals surface area (Å²) >= 11 is 0. The van der Waals surface area contributed by atoms with Crippen LogP contribution in [0, 0.1) is 0 Å². The lowest BCUT2D eigenvalue weighted by Gasteiger charge is -2.12. The molecule has 0 aliphatic heterocycles. The Morgan fingerprint density at radius 3 is 2.23 bits per heavy atom. The van der Waals surface area contributed by atoms with Crippen molar-refractivity contribution in [1.29, 1.82) is 0 Å². The molecule has 0 aliphatic rings. The lowest BCUT2D eigenvalue weighted by Crippen LogP contribution is -2.04. The van der Waals surface area contributed by atoms with E-state index >= 15 is 0 Å². The maximum absolute atomic E-state index is 5.85. The Kier molecular flexibility index (Phi) is 10.6. The van der Waals surface area contributed by atoms with E-state index in [0.29, 0.717) is 6.54 Å². The first-order valence-electron chi connectivity index (χ1n) is 8.81. The van der Waals surface area contributed by atoms with Crippen LogP contribution in [-0.2, 0) is 6.42 Å². The molecule has 0 aliphatic carbocycles. The Labute approximate surface area is 136 Å². The number of unbranched alkanes of at least 4 members (excludes halogenated alkanes) is 7. The monoisotopic (exact) mass is 307 g/mol. The first-order valence-corrected chi connectivity index (χ1v) is 8.81. The largest absolute Gasteiger partial charge is 0.493 e. The van der Waals surface area contributed by atoms with Crippen LogP contribution in [0.25, 0.3) is 0 Å². The van der Waals surface area contributed by atoms with Crippen LogP contribution in [0.5, 0.6) is 11.5 Å². The zero-order valence-electron chi connectivity index (χ0n) is 14.4. The standard InChI is InChI=1S/C19H33NO2/c1-3-4-5-6-7-8-9-10-15-22-18-12-11-17(13-14-20)16-19(18)21-2/h11-12,16H,3-10,13-15,20H2,1-2H3. The average Bonchev–Trinajstić information content (AvgIpc) is 2.54. The SMILES string of the molecule is CCCCCCCCCCOc1ccc(CCN)cc1OC. The highest BCUT2D eigenvalue weighted by molar-refractivity contribution is 5.43. The molecule has 0 fully saturated rings. The van der Waals surface area contributed by atoms with Gasteiger partial charge in [0.1, 0.15) is 0 Å². The van der Waals surface area contributed by atoms with Crippen LogP contribution >= 0.6 is 0 Å². The summed E-state index contributed by atoms with van der Waals surface area (Å²) in [5.74, 6) is 1.65. The topological polar surface area (TPSA) is 44.5 Å². The van der Waals surface area contributed by atoms with Crippen molar-refractivity contribution in [1.82, 2.24) is 0 Å². The van der Waals surface area contributed by atoms with E-state index in [4.69, 9.17) is 15.2 Å². The summed E-state index contributed by atoms with van der Waals surface area (Å²) in [5.41, 5.74) is 6.78. The zero-order chi connectivity index (χ0) is 16.0. The molecule has 0 spiro atoms. The fraction of sp³-hybridized carbons (Fsp3) is 0.684. The van der Waals surface area contributed by atoms with Gasteiger partial charge in [-0.3, -0.25) is 0 Å². The van der Waals surface area contributed by atoms with E-state index in [1.54, 1.807) is 7.11 Å². The van der Waals surface area contributed by atoms with E-state index in [2.05, 4.69) is 13.0 Å². The van der Waals surface area contributed by atoms with Gasteiger partial charge in [0.05, 0.1) is 13.7 Å². The van der Waals surface area contributed by atoms with Gasteiger partial charge in [0.15, 0.2) is 11.5 Å². The second-order valence-corrected chi connectivity index (χ2v) is 5.85. The van der Waals surface area contributed by atoms with E-state index < -0.39 is 0 Å². The average molecular weight is 307 g/mol. The third kappa shape index (κ3) is 7.69. The molecule has 1 aromatic rings. The van der Waals surface area contributed by atoms with E-state index in [-0.39, 0.29) is 0 Å². The van der Waals surface area contributed by atoms with Crippen molar-refractivity contribution in [2.75, 3.05) is 20.3 Å². The highest BCUT2D eigenvalue weighted by Gasteiger charge is 2.05. The molecule has 126 valence electrons. The first-order chi connectivity index (χ1) is 10.8. The summed E-state index contributed by atoms with van der Waals surface area (Å²) in [5, 5.41) is 0. The molecular formula is C19H33NO2. The van der Waals surface area contributed by atoms with Crippen LogP contribution < -0.4 is 15.2 Å². The van der Waals surface area contributed by atoms with Crippen molar-refractivity contribution in [3.05, 3.63) is 23.8 Å². The van der Waals surface area contributed by atoms with E-state index in [0.717, 1.165) is 30.9 Å². The van der Waals surface area contributed by atoms with Crippen LogP contribution in [0.3, 0.4) is 0 Å². The van der Waals surface area contributed by atoms with Gasteiger partial charge < -0.3 is 15.2 Å². The smallest absolute Gasteiger partial charge is 0.161 e. The summed E-state index contributed by atoms with van der Waals surface area (Å²) < 4.78 is 11.2. The van der Waals surface area contributed by atoms with E-state index in [1.165, 1.54) is 50.5 Å². The Balaban J connectivity index is 2.19. The third-order valence-electron chi connectivity index (χ3n) is 3.92. The number of methoxy groups -OCH3 is 1. The van der Waals surface area contributed by atoms with Gasteiger partial charge in [-0.05, 0) is 37.1 Å². The van der Waals surface area contributed by atoms with Gasteiger partial charge in [0, 0.05) is 0 Å². The predicted octanol–water partition coefficient (Wildman–Crippen LogP) is 4.72. The molecule has 2 N–H and O–H groups in total. The fourth-order valence-electron chi connectivity index (χ4n) is 2.57. The molecule has 3 heteroatoms. The summed E-state index contributed by atoms with van der Waals surface area (Å²) in [6.45, 7) is 3.68. The summed E-state index contributed by atoms with van der Waals surface area (Å²) in [6.07, 6.45) is 11.4. The zero-order valence-corrected chi connectivity index (χ0v) is 14.4. The molecule has 0 heterocycles. The molecule has 3 nitrogen and oxygen atoms in total. The van der Waals surface area contributed by atoms with Crippen LogP contribution in [0.2, 0.25) is 0 Å². The van der Waals surface area contributed by atoms with Crippen molar-refractivity contribution in [2.45, 2.75) is 64.7 Å². The molecular weight excluding hydrogens is 274 g/mol. The van der Waals surface area contributed by atoms with Gasteiger partial charge in [0.2, 0.25) is 0 Å². The Morgan fingerprint density at radius 2 is 1.59 bits per heavy atom. The van der Waals surface area contributed by atoms with E-state index in [9.17, 15) is 0 Å². The Bertz CT molecular complexity index is 393. The number of hydrogen-bond acceptors (Lipinski definition) is 3. The maximum atomic E-state index is 5.85. The first kappa shape index (κ1) is 18.8. The number of nitrogens with two attached hydrogens (primary N) is 1. The Morgan fingerprint density at radius 1 is 0.909 bits per heavy atom. The summed E-state index contributed by atoms with van der Waals surface area (Å²) in [7, 11) is 1.69. The lowest BCUT2D eigenvalue weighted by molar-refractivity contribution is 0.284. The summed E-state index contributed by atoms with van der Waals surface area (Å²) in [6, 6.07) is 6.09. The minimum Gasteiger partial charge on any atom is -0.493 e. The van der Waals surface area contributed by atoms with Gasteiger partial charge in [0.25, 0.3) is 0 Å². The van der Waals surface area contributed by atoms with Crippen molar-refractivity contribution in [2.24, 2.45) is 5.73 Å². The van der Waals surface area contributed by atoms with Gasteiger partial charge in [-0.25, -0.2) is 0 Å². The quantitative estimate of drug-likeness (QED) is 0.536. The van der Waals surface area contributed by atoms with Crippen molar-refractivity contribution < 1.29 is 9.47 Å². The number of rotatable bonds is 13. The molecule has 0 atom stereocenters. The fourth-order valence-corrected chi connectivity index (χ4v) is 2.57. The van der Waals surface area contributed by atoms with Gasteiger partial charge >= 0.3 is 0 Å². The molecule has 1 rings (SSSR count). The second kappa shape index (κ2) is 12.3.